The second-order valence-corrected chi connectivity index (χ2v) is 8.06. The molecule has 21 heavy (non-hydrogen) atoms. The molecular formula is C18H31NOS. The highest BCUT2D eigenvalue weighted by Crippen LogP contribution is 2.19. The van der Waals surface area contributed by atoms with Crippen LogP contribution in [0.2, 0.25) is 0 Å². The van der Waals surface area contributed by atoms with Gasteiger partial charge in [0, 0.05) is 29.3 Å². The third-order valence-corrected chi connectivity index (χ3v) is 4.02. The Balaban J connectivity index is 2.26. The summed E-state index contributed by atoms with van der Waals surface area (Å²) in [6, 6.07) is 8.78. The molecule has 0 radical (unpaired) electrons. The Labute approximate surface area is 135 Å². The van der Waals surface area contributed by atoms with Gasteiger partial charge in [0.25, 0.3) is 0 Å². The number of ether oxygens (including phenoxy) is 1. The lowest BCUT2D eigenvalue weighted by Crippen LogP contribution is -2.35. The number of benzene rings is 1. The highest BCUT2D eigenvalue weighted by molar-refractivity contribution is 7.99. The van der Waals surface area contributed by atoms with Crippen LogP contribution in [0, 0.1) is 5.92 Å². The third-order valence-electron chi connectivity index (χ3n) is 3.06. The number of hydrogen-bond donors (Lipinski definition) is 1. The van der Waals surface area contributed by atoms with Crippen LogP contribution in [0.1, 0.15) is 46.6 Å². The Bertz CT molecular complexity index is 398. The maximum Gasteiger partial charge on any atom is 0.0560 e. The first-order chi connectivity index (χ1) is 9.87. The van der Waals surface area contributed by atoms with E-state index in [9.17, 15) is 0 Å². The zero-order valence-electron chi connectivity index (χ0n) is 14.2. The minimum absolute atomic E-state index is 0.160. The first-order valence-electron chi connectivity index (χ1n) is 7.91. The minimum Gasteiger partial charge on any atom is -0.381 e. The molecule has 2 nitrogen and oxygen atoms in total. The molecule has 0 atom stereocenters. The summed E-state index contributed by atoms with van der Waals surface area (Å²) in [5, 5.41) is 3.53. The van der Waals surface area contributed by atoms with Crippen molar-refractivity contribution < 1.29 is 4.74 Å². The Morgan fingerprint density at radius 1 is 1.19 bits per heavy atom. The van der Waals surface area contributed by atoms with Gasteiger partial charge < -0.3 is 10.1 Å². The van der Waals surface area contributed by atoms with E-state index in [2.05, 4.69) is 64.2 Å². The largest absolute Gasteiger partial charge is 0.381 e. The molecule has 0 aromatic heterocycles. The van der Waals surface area contributed by atoms with Gasteiger partial charge in [-0.05, 0) is 50.8 Å². The Morgan fingerprint density at radius 3 is 2.62 bits per heavy atom. The minimum atomic E-state index is 0.160. The molecule has 120 valence electrons. The quantitative estimate of drug-likeness (QED) is 0.526. The average Bonchev–Trinajstić information content (AvgIpc) is 2.40. The number of nitrogens with one attached hydrogen (secondary N) is 1. The zero-order valence-corrected chi connectivity index (χ0v) is 15.1. The van der Waals surface area contributed by atoms with Gasteiger partial charge in [0.1, 0.15) is 0 Å². The number of hydrogen-bond acceptors (Lipinski definition) is 3. The van der Waals surface area contributed by atoms with E-state index in [1.807, 2.05) is 11.8 Å². The molecule has 0 bridgehead atoms. The molecule has 0 heterocycles. The third kappa shape index (κ3) is 9.94. The van der Waals surface area contributed by atoms with Gasteiger partial charge in [-0.15, -0.1) is 11.8 Å². The second-order valence-electron chi connectivity index (χ2n) is 6.89. The molecule has 0 fully saturated rings. The predicted molar refractivity (Wildman–Crippen MR) is 94.0 cm³/mol. The molecular weight excluding hydrogens is 278 g/mol. The molecule has 1 aromatic carbocycles. The van der Waals surface area contributed by atoms with E-state index in [1.165, 1.54) is 10.5 Å². The first-order valence-corrected chi connectivity index (χ1v) is 8.90. The van der Waals surface area contributed by atoms with E-state index in [0.29, 0.717) is 0 Å². The molecule has 0 spiro atoms. The fraction of sp³-hybridized carbons (Fsp3) is 0.667. The van der Waals surface area contributed by atoms with Gasteiger partial charge in [-0.3, -0.25) is 0 Å². The van der Waals surface area contributed by atoms with Crippen molar-refractivity contribution >= 4 is 11.8 Å². The summed E-state index contributed by atoms with van der Waals surface area (Å²) in [5.41, 5.74) is 1.50. The topological polar surface area (TPSA) is 21.3 Å². The number of thioether (sulfide) groups is 1. The van der Waals surface area contributed by atoms with Gasteiger partial charge in [0.2, 0.25) is 0 Å². The Hall–Kier alpha value is -0.510. The van der Waals surface area contributed by atoms with Gasteiger partial charge in [-0.1, -0.05) is 26.0 Å². The van der Waals surface area contributed by atoms with Crippen molar-refractivity contribution in [1.29, 1.82) is 0 Å². The summed E-state index contributed by atoms with van der Waals surface area (Å²) in [5.74, 6) is 1.75. The molecule has 1 rings (SSSR count). The molecule has 0 aliphatic rings. The van der Waals surface area contributed by atoms with E-state index in [0.717, 1.165) is 37.9 Å². The van der Waals surface area contributed by atoms with E-state index >= 15 is 0 Å². The van der Waals surface area contributed by atoms with Crippen molar-refractivity contribution in [3.05, 3.63) is 29.8 Å². The highest BCUT2D eigenvalue weighted by atomic mass is 32.2. The zero-order chi connectivity index (χ0) is 15.7. The van der Waals surface area contributed by atoms with Gasteiger partial charge in [0.05, 0.1) is 6.61 Å². The van der Waals surface area contributed by atoms with Crippen molar-refractivity contribution in [1.82, 2.24) is 5.32 Å². The summed E-state index contributed by atoms with van der Waals surface area (Å²) >= 11 is 1.87. The Morgan fingerprint density at radius 2 is 1.95 bits per heavy atom. The van der Waals surface area contributed by atoms with E-state index in [1.54, 1.807) is 0 Å². The van der Waals surface area contributed by atoms with Gasteiger partial charge >= 0.3 is 0 Å². The maximum absolute atomic E-state index is 5.66. The van der Waals surface area contributed by atoms with Crippen LogP contribution in [-0.4, -0.2) is 24.5 Å². The fourth-order valence-electron chi connectivity index (χ4n) is 1.75. The molecule has 0 saturated heterocycles. The molecule has 3 heteroatoms. The summed E-state index contributed by atoms with van der Waals surface area (Å²) in [4.78, 5) is 1.33. The summed E-state index contributed by atoms with van der Waals surface area (Å²) < 4.78 is 5.66. The molecule has 0 saturated carbocycles. The predicted octanol–water partition coefficient (Wildman–Crippen LogP) is 4.73. The molecule has 0 aliphatic carbocycles. The van der Waals surface area contributed by atoms with Crippen LogP contribution >= 0.6 is 11.8 Å². The van der Waals surface area contributed by atoms with Gasteiger partial charge in [-0.25, -0.2) is 0 Å². The van der Waals surface area contributed by atoms with Crippen LogP contribution in [0.25, 0.3) is 0 Å². The summed E-state index contributed by atoms with van der Waals surface area (Å²) in [7, 11) is 0. The molecule has 1 N–H and O–H groups in total. The van der Waals surface area contributed by atoms with Crippen LogP contribution in [0.15, 0.2) is 29.2 Å². The van der Waals surface area contributed by atoms with Crippen LogP contribution in [0.5, 0.6) is 0 Å². The van der Waals surface area contributed by atoms with Crippen LogP contribution in [0.4, 0.5) is 0 Å². The van der Waals surface area contributed by atoms with Crippen molar-refractivity contribution in [2.75, 3.05) is 19.0 Å². The normalized spacial score (nSPS) is 12.1. The smallest absolute Gasteiger partial charge is 0.0560 e. The molecule has 1 aromatic rings. The van der Waals surface area contributed by atoms with Crippen molar-refractivity contribution in [3.63, 3.8) is 0 Å². The fourth-order valence-corrected chi connectivity index (χ4v) is 2.60. The van der Waals surface area contributed by atoms with Crippen LogP contribution < -0.4 is 5.32 Å². The maximum atomic E-state index is 5.66. The monoisotopic (exact) mass is 309 g/mol. The van der Waals surface area contributed by atoms with Crippen molar-refractivity contribution in [2.45, 2.75) is 58.0 Å². The SMILES string of the molecule is CC(C)CCOCCSc1cccc(CNC(C)(C)C)c1. The second kappa shape index (κ2) is 9.50. The van der Waals surface area contributed by atoms with Crippen LogP contribution in [0.3, 0.4) is 0 Å². The van der Waals surface area contributed by atoms with Gasteiger partial charge in [0.15, 0.2) is 0 Å². The van der Waals surface area contributed by atoms with Crippen molar-refractivity contribution in [2.24, 2.45) is 5.92 Å². The van der Waals surface area contributed by atoms with E-state index in [-0.39, 0.29) is 5.54 Å². The molecule has 0 unspecified atom stereocenters. The Kier molecular flexibility index (Phi) is 8.38. The lowest BCUT2D eigenvalue weighted by Gasteiger charge is -2.20. The first kappa shape index (κ1) is 18.5. The highest BCUT2D eigenvalue weighted by Gasteiger charge is 2.08. The molecule has 0 aliphatic heterocycles. The average molecular weight is 310 g/mol. The lowest BCUT2D eigenvalue weighted by atomic mass is 10.1. The van der Waals surface area contributed by atoms with Crippen LogP contribution in [-0.2, 0) is 11.3 Å². The van der Waals surface area contributed by atoms with Crippen molar-refractivity contribution in [3.8, 4) is 0 Å². The van der Waals surface area contributed by atoms with E-state index in [4.69, 9.17) is 4.74 Å². The van der Waals surface area contributed by atoms with E-state index < -0.39 is 0 Å². The lowest BCUT2D eigenvalue weighted by molar-refractivity contribution is 0.138. The summed E-state index contributed by atoms with van der Waals surface area (Å²) in [6.07, 6.45) is 1.15. The summed E-state index contributed by atoms with van der Waals surface area (Å²) in [6.45, 7) is 13.7. The number of rotatable bonds is 9. The van der Waals surface area contributed by atoms with Gasteiger partial charge in [-0.2, -0.15) is 0 Å². The molecule has 0 amide bonds. The standard InChI is InChI=1S/C18H31NOS/c1-15(2)9-10-20-11-12-21-17-8-6-7-16(13-17)14-19-18(3,4)5/h6-8,13,15,19H,9-12,14H2,1-5H3.